The van der Waals surface area contributed by atoms with Crippen molar-refractivity contribution < 1.29 is 37.2 Å². The van der Waals surface area contributed by atoms with E-state index in [2.05, 4.69) is 15.2 Å². The summed E-state index contributed by atoms with van der Waals surface area (Å²) < 4.78 is 39.5. The molecule has 1 saturated heterocycles. The number of carbonyl (C=O) groups excluding carboxylic acids is 3. The lowest BCUT2D eigenvalue weighted by atomic mass is 10.1. The predicted molar refractivity (Wildman–Crippen MR) is 120 cm³/mol. The third-order valence-corrected chi connectivity index (χ3v) is 5.92. The summed E-state index contributed by atoms with van der Waals surface area (Å²) in [6, 6.07) is 4.18. The van der Waals surface area contributed by atoms with Crippen molar-refractivity contribution in [1.29, 1.82) is 0 Å². The summed E-state index contributed by atoms with van der Waals surface area (Å²) in [6.07, 6.45) is 2.15. The van der Waals surface area contributed by atoms with Gasteiger partial charge in [0.15, 0.2) is 11.5 Å². The topological polar surface area (TPSA) is 111 Å². The first-order valence-electron chi connectivity index (χ1n) is 10.3. The van der Waals surface area contributed by atoms with Gasteiger partial charge in [-0.3, -0.25) is 19.3 Å². The summed E-state index contributed by atoms with van der Waals surface area (Å²) in [5.74, 6) is -0.142. The largest absolute Gasteiger partial charge is 0.493 e. The molecule has 0 aliphatic carbocycles. The van der Waals surface area contributed by atoms with E-state index in [0.717, 1.165) is 27.9 Å². The zero-order valence-electron chi connectivity index (χ0n) is 18.7. The molecule has 9 nitrogen and oxygen atoms in total. The molecule has 12 heteroatoms. The molecule has 1 N–H and O–H groups in total. The number of carbonyl (C=O) groups is 3. The Bertz CT molecular complexity index is 1100. The highest BCUT2D eigenvalue weighted by Gasteiger charge is 2.34. The lowest BCUT2D eigenvalue weighted by Crippen LogP contribution is -2.37. The molecule has 0 spiro atoms. The van der Waals surface area contributed by atoms with Crippen LogP contribution in [-0.2, 0) is 16.0 Å². The summed E-state index contributed by atoms with van der Waals surface area (Å²) in [7, 11) is 1.30. The van der Waals surface area contributed by atoms with Crippen LogP contribution in [0.5, 0.6) is 11.5 Å². The summed E-state index contributed by atoms with van der Waals surface area (Å²) >= 11 is 0.752. The van der Waals surface area contributed by atoms with Gasteiger partial charge in [-0.1, -0.05) is 11.2 Å². The normalized spacial score (nSPS) is 14.9. The number of hydrogen-bond donors (Lipinski definition) is 1. The summed E-state index contributed by atoms with van der Waals surface area (Å²) in [6.45, 7) is 0.705. The molecule has 182 valence electrons. The van der Waals surface area contributed by atoms with Crippen molar-refractivity contribution in [3.8, 4) is 11.5 Å². The van der Waals surface area contributed by atoms with Crippen molar-refractivity contribution in [2.75, 3.05) is 20.2 Å². The molecule has 2 aromatic rings. The number of halogens is 2. The second-order valence-electron chi connectivity index (χ2n) is 7.27. The van der Waals surface area contributed by atoms with E-state index >= 15 is 0 Å². The van der Waals surface area contributed by atoms with Crippen molar-refractivity contribution in [2.45, 2.75) is 33.3 Å². The van der Waals surface area contributed by atoms with Gasteiger partial charge in [-0.25, -0.2) is 0 Å². The van der Waals surface area contributed by atoms with Crippen molar-refractivity contribution >= 4 is 34.9 Å². The monoisotopic (exact) mass is 495 g/mol. The number of alkyl halides is 2. The number of methoxy groups -OCH3 is 1. The Morgan fingerprint density at radius 1 is 1.29 bits per heavy atom. The SMILES string of the molecule is COc1cc(/C=C2\SC(=O)N(CCNC(=O)CCc3c(C)noc3C)C2=O)ccc1OC(F)F. The van der Waals surface area contributed by atoms with E-state index < -0.39 is 17.8 Å². The average Bonchev–Trinajstić information content (AvgIpc) is 3.25. The van der Waals surface area contributed by atoms with Crippen LogP contribution in [0.2, 0.25) is 0 Å². The number of thioether (sulfide) groups is 1. The number of ether oxygens (including phenoxy) is 2. The van der Waals surface area contributed by atoms with E-state index in [0.29, 0.717) is 17.7 Å². The smallest absolute Gasteiger partial charge is 0.387 e. The second-order valence-corrected chi connectivity index (χ2v) is 8.27. The van der Waals surface area contributed by atoms with Gasteiger partial charge in [0.05, 0.1) is 17.7 Å². The number of benzene rings is 1. The number of nitrogens with one attached hydrogen (secondary N) is 1. The fraction of sp³-hybridized carbons (Fsp3) is 0.364. The van der Waals surface area contributed by atoms with Crippen LogP contribution in [0.4, 0.5) is 13.6 Å². The van der Waals surface area contributed by atoms with E-state index in [1.165, 1.54) is 31.4 Å². The van der Waals surface area contributed by atoms with Gasteiger partial charge < -0.3 is 19.3 Å². The lowest BCUT2D eigenvalue weighted by molar-refractivity contribution is -0.124. The van der Waals surface area contributed by atoms with Gasteiger partial charge in [0, 0.05) is 25.1 Å². The van der Waals surface area contributed by atoms with Gasteiger partial charge in [0.2, 0.25) is 5.91 Å². The van der Waals surface area contributed by atoms with Gasteiger partial charge in [0.1, 0.15) is 5.76 Å². The summed E-state index contributed by atoms with van der Waals surface area (Å²) in [5.41, 5.74) is 2.09. The molecule has 1 aliphatic heterocycles. The average molecular weight is 496 g/mol. The molecule has 1 fully saturated rings. The quantitative estimate of drug-likeness (QED) is 0.497. The summed E-state index contributed by atoms with van der Waals surface area (Å²) in [5, 5.41) is 6.08. The summed E-state index contributed by atoms with van der Waals surface area (Å²) in [4.78, 5) is 38.3. The molecule has 0 bridgehead atoms. The Kier molecular flexibility index (Phi) is 8.26. The Hall–Kier alpha value is -3.41. The predicted octanol–water partition coefficient (Wildman–Crippen LogP) is 3.69. The van der Waals surface area contributed by atoms with E-state index in [9.17, 15) is 23.2 Å². The first-order chi connectivity index (χ1) is 16.2. The molecular weight excluding hydrogens is 472 g/mol. The molecule has 3 rings (SSSR count). The minimum absolute atomic E-state index is 0.0174. The van der Waals surface area contributed by atoms with Crippen LogP contribution in [0.1, 0.15) is 29.0 Å². The minimum Gasteiger partial charge on any atom is -0.493 e. The second kappa shape index (κ2) is 11.1. The van der Waals surface area contributed by atoms with Crippen LogP contribution >= 0.6 is 11.8 Å². The first kappa shape index (κ1) is 25.2. The van der Waals surface area contributed by atoms with E-state index in [-0.39, 0.29) is 41.8 Å². The maximum atomic E-state index is 12.6. The van der Waals surface area contributed by atoms with Crippen LogP contribution in [0.3, 0.4) is 0 Å². The zero-order chi connectivity index (χ0) is 24.8. The molecule has 0 atom stereocenters. The molecule has 0 radical (unpaired) electrons. The van der Waals surface area contributed by atoms with Gasteiger partial charge in [-0.2, -0.15) is 8.78 Å². The standard InChI is InChI=1S/C22H23F2N3O6S/c1-12-15(13(2)33-26-12)5-7-19(28)25-8-9-27-20(29)18(34-22(27)30)11-14-4-6-16(32-21(23)24)17(10-14)31-3/h4,6,10-11,21H,5,7-9H2,1-3H3,(H,25,28)/b18-11-. The van der Waals surface area contributed by atoms with E-state index in [1.807, 2.05) is 0 Å². The van der Waals surface area contributed by atoms with Crippen molar-refractivity contribution in [3.63, 3.8) is 0 Å². The van der Waals surface area contributed by atoms with Gasteiger partial charge in [0.25, 0.3) is 11.1 Å². The van der Waals surface area contributed by atoms with Crippen LogP contribution in [0.25, 0.3) is 6.08 Å². The van der Waals surface area contributed by atoms with Gasteiger partial charge in [-0.15, -0.1) is 0 Å². The van der Waals surface area contributed by atoms with Crippen molar-refractivity contribution in [1.82, 2.24) is 15.4 Å². The van der Waals surface area contributed by atoms with Gasteiger partial charge >= 0.3 is 6.61 Å². The van der Waals surface area contributed by atoms with E-state index in [4.69, 9.17) is 9.26 Å². The van der Waals surface area contributed by atoms with Crippen LogP contribution < -0.4 is 14.8 Å². The number of rotatable bonds is 10. The molecule has 0 unspecified atom stereocenters. The molecule has 1 aliphatic rings. The Morgan fingerprint density at radius 3 is 2.71 bits per heavy atom. The highest BCUT2D eigenvalue weighted by molar-refractivity contribution is 8.18. The number of amides is 3. The Balaban J connectivity index is 1.55. The number of imide groups is 1. The fourth-order valence-electron chi connectivity index (χ4n) is 3.30. The van der Waals surface area contributed by atoms with E-state index in [1.54, 1.807) is 13.8 Å². The Labute approximate surface area is 198 Å². The maximum absolute atomic E-state index is 12.6. The lowest BCUT2D eigenvalue weighted by Gasteiger charge is -2.13. The fourth-order valence-corrected chi connectivity index (χ4v) is 4.17. The number of hydrogen-bond acceptors (Lipinski definition) is 8. The molecule has 3 amide bonds. The molecule has 0 saturated carbocycles. The molecule has 1 aromatic heterocycles. The molecular formula is C22H23F2N3O6S. The highest BCUT2D eigenvalue weighted by atomic mass is 32.2. The van der Waals surface area contributed by atoms with Crippen LogP contribution in [0.15, 0.2) is 27.6 Å². The number of nitrogens with zero attached hydrogens (tertiary/aromatic N) is 2. The van der Waals surface area contributed by atoms with Crippen LogP contribution in [-0.4, -0.2) is 53.9 Å². The molecule has 34 heavy (non-hydrogen) atoms. The zero-order valence-corrected chi connectivity index (χ0v) is 19.5. The number of aryl methyl sites for hydroxylation is 2. The first-order valence-corrected chi connectivity index (χ1v) is 11.1. The maximum Gasteiger partial charge on any atom is 0.387 e. The van der Waals surface area contributed by atoms with Crippen LogP contribution in [0, 0.1) is 13.8 Å². The third-order valence-electron chi connectivity index (χ3n) is 5.02. The van der Waals surface area contributed by atoms with Crippen molar-refractivity contribution in [2.24, 2.45) is 0 Å². The minimum atomic E-state index is -3.01. The molecule has 2 heterocycles. The highest BCUT2D eigenvalue weighted by Crippen LogP contribution is 2.34. The van der Waals surface area contributed by atoms with Gasteiger partial charge in [-0.05, 0) is 55.8 Å². The molecule has 1 aromatic carbocycles. The third kappa shape index (κ3) is 6.13. The number of aromatic nitrogens is 1. The Morgan fingerprint density at radius 2 is 2.06 bits per heavy atom. The van der Waals surface area contributed by atoms with Crippen molar-refractivity contribution in [3.05, 3.63) is 45.7 Å².